The van der Waals surface area contributed by atoms with E-state index in [9.17, 15) is 14.4 Å². The molecule has 9 heteroatoms. The highest BCUT2D eigenvalue weighted by Gasteiger charge is 2.13. The number of ether oxygens (including phenoxy) is 1. The van der Waals surface area contributed by atoms with Crippen LogP contribution in [0.15, 0.2) is 71.8 Å². The molecule has 0 spiro atoms. The van der Waals surface area contributed by atoms with Crippen LogP contribution in [0.1, 0.15) is 21.5 Å². The molecule has 0 radical (unpaired) electrons. The van der Waals surface area contributed by atoms with E-state index in [0.717, 1.165) is 5.56 Å². The molecule has 0 heterocycles. The highest BCUT2D eigenvalue weighted by atomic mass is 35.5. The van der Waals surface area contributed by atoms with Gasteiger partial charge in [-0.05, 0) is 67.1 Å². The van der Waals surface area contributed by atoms with Crippen LogP contribution in [0.5, 0.6) is 5.75 Å². The second kappa shape index (κ2) is 10.6. The lowest BCUT2D eigenvalue weighted by molar-refractivity contribution is -0.136. The number of amides is 2. The zero-order chi connectivity index (χ0) is 23.1. The highest BCUT2D eigenvalue weighted by Crippen LogP contribution is 2.22. The van der Waals surface area contributed by atoms with Gasteiger partial charge >= 0.3 is 17.8 Å². The Morgan fingerprint density at radius 3 is 2.25 bits per heavy atom. The highest BCUT2D eigenvalue weighted by molar-refractivity contribution is 6.40. The van der Waals surface area contributed by atoms with Crippen LogP contribution in [-0.4, -0.2) is 24.0 Å². The molecule has 32 heavy (non-hydrogen) atoms. The number of esters is 1. The average Bonchev–Trinajstić information content (AvgIpc) is 2.74. The molecule has 0 saturated carbocycles. The van der Waals surface area contributed by atoms with Gasteiger partial charge in [0.15, 0.2) is 0 Å². The minimum atomic E-state index is -0.971. The van der Waals surface area contributed by atoms with Crippen LogP contribution in [0.25, 0.3) is 0 Å². The van der Waals surface area contributed by atoms with Gasteiger partial charge in [0.05, 0.1) is 11.8 Å². The molecule has 3 aromatic rings. The van der Waals surface area contributed by atoms with Gasteiger partial charge in [-0.2, -0.15) is 5.10 Å². The van der Waals surface area contributed by atoms with Gasteiger partial charge in [0, 0.05) is 15.7 Å². The molecule has 3 aromatic carbocycles. The Bertz CT molecular complexity index is 1170. The summed E-state index contributed by atoms with van der Waals surface area (Å²) in [6.45, 7) is 1.89. The van der Waals surface area contributed by atoms with Gasteiger partial charge in [0.1, 0.15) is 5.75 Å². The molecule has 0 saturated heterocycles. The van der Waals surface area contributed by atoms with Crippen molar-refractivity contribution in [2.75, 3.05) is 5.32 Å². The average molecular weight is 470 g/mol. The first-order valence-corrected chi connectivity index (χ1v) is 10.0. The molecule has 0 aliphatic rings. The Balaban J connectivity index is 1.52. The van der Waals surface area contributed by atoms with Gasteiger partial charge in [-0.3, -0.25) is 9.59 Å². The predicted octanol–water partition coefficient (Wildman–Crippen LogP) is 4.61. The number of hydrogen-bond donors (Lipinski definition) is 2. The predicted molar refractivity (Wildman–Crippen MR) is 123 cm³/mol. The van der Waals surface area contributed by atoms with Gasteiger partial charge in [-0.15, -0.1) is 0 Å². The first-order valence-electron chi connectivity index (χ1n) is 9.29. The first-order chi connectivity index (χ1) is 15.3. The van der Waals surface area contributed by atoms with Crippen LogP contribution in [0, 0.1) is 6.92 Å². The molecule has 3 rings (SSSR count). The van der Waals surface area contributed by atoms with Crippen molar-refractivity contribution in [1.29, 1.82) is 0 Å². The lowest BCUT2D eigenvalue weighted by atomic mass is 10.1. The molecule has 2 amide bonds. The second-order valence-electron chi connectivity index (χ2n) is 6.64. The van der Waals surface area contributed by atoms with Crippen LogP contribution in [0.4, 0.5) is 5.69 Å². The standard InChI is InChI=1S/C23H17Cl2N3O4/c1-14-3-2-4-16(9-14)23(31)32-20-7-5-15(6-8-20)13-26-28-22(30)21(29)27-19-11-17(24)10-18(25)12-19/h2-13H,1H3,(H,27,29)(H,28,30)/b26-13+. The monoisotopic (exact) mass is 469 g/mol. The summed E-state index contributed by atoms with van der Waals surface area (Å²) in [4.78, 5) is 36.0. The van der Waals surface area contributed by atoms with Crippen molar-refractivity contribution in [3.05, 3.63) is 93.5 Å². The molecular weight excluding hydrogens is 453 g/mol. The van der Waals surface area contributed by atoms with E-state index in [1.54, 1.807) is 42.5 Å². The fraction of sp³-hybridized carbons (Fsp3) is 0.0435. The van der Waals surface area contributed by atoms with Gasteiger partial charge in [-0.25, -0.2) is 10.2 Å². The topological polar surface area (TPSA) is 96.9 Å². The normalized spacial score (nSPS) is 10.6. The molecule has 162 valence electrons. The molecule has 0 aromatic heterocycles. The number of halogens is 2. The molecule has 0 bridgehead atoms. The van der Waals surface area contributed by atoms with Crippen LogP contribution >= 0.6 is 23.2 Å². The molecule has 0 aliphatic heterocycles. The number of rotatable bonds is 5. The summed E-state index contributed by atoms with van der Waals surface area (Å²) in [7, 11) is 0. The Kier molecular flexibility index (Phi) is 7.59. The third-order valence-corrected chi connectivity index (χ3v) is 4.49. The van der Waals surface area contributed by atoms with Gasteiger partial charge in [0.25, 0.3) is 0 Å². The Labute approximate surface area is 194 Å². The number of nitrogens with zero attached hydrogens (tertiary/aromatic N) is 1. The summed E-state index contributed by atoms with van der Waals surface area (Å²) in [5, 5.41) is 6.75. The Morgan fingerprint density at radius 2 is 1.59 bits per heavy atom. The van der Waals surface area contributed by atoms with Crippen molar-refractivity contribution in [2.24, 2.45) is 5.10 Å². The van der Waals surface area contributed by atoms with Gasteiger partial charge in [0.2, 0.25) is 0 Å². The van der Waals surface area contributed by atoms with E-state index in [1.807, 2.05) is 13.0 Å². The fourth-order valence-corrected chi connectivity index (χ4v) is 3.12. The van der Waals surface area contributed by atoms with E-state index in [2.05, 4.69) is 15.8 Å². The lowest BCUT2D eigenvalue weighted by Crippen LogP contribution is -2.32. The summed E-state index contributed by atoms with van der Waals surface area (Å²) >= 11 is 11.7. The largest absolute Gasteiger partial charge is 0.423 e. The number of aryl methyl sites for hydroxylation is 1. The number of carbonyl (C=O) groups excluding carboxylic acids is 3. The van der Waals surface area contributed by atoms with Crippen molar-refractivity contribution in [3.8, 4) is 5.75 Å². The summed E-state index contributed by atoms with van der Waals surface area (Å²) in [5.74, 6) is -2.01. The molecule has 0 unspecified atom stereocenters. The van der Waals surface area contributed by atoms with Crippen molar-refractivity contribution < 1.29 is 19.1 Å². The van der Waals surface area contributed by atoms with Crippen molar-refractivity contribution in [2.45, 2.75) is 6.92 Å². The second-order valence-corrected chi connectivity index (χ2v) is 7.51. The zero-order valence-corrected chi connectivity index (χ0v) is 18.3. The third-order valence-electron chi connectivity index (χ3n) is 4.05. The van der Waals surface area contributed by atoms with Gasteiger partial charge in [-0.1, -0.05) is 40.9 Å². The number of anilines is 1. The number of carbonyl (C=O) groups is 3. The van der Waals surface area contributed by atoms with E-state index in [4.69, 9.17) is 27.9 Å². The Morgan fingerprint density at radius 1 is 0.906 bits per heavy atom. The molecule has 7 nitrogen and oxygen atoms in total. The van der Waals surface area contributed by atoms with E-state index in [-0.39, 0.29) is 5.69 Å². The third kappa shape index (κ3) is 6.66. The summed E-state index contributed by atoms with van der Waals surface area (Å²) in [5.41, 5.74) is 4.43. The minimum Gasteiger partial charge on any atom is -0.423 e. The number of nitrogens with one attached hydrogen (secondary N) is 2. The smallest absolute Gasteiger partial charge is 0.343 e. The van der Waals surface area contributed by atoms with Gasteiger partial charge < -0.3 is 10.1 Å². The van der Waals surface area contributed by atoms with E-state index in [1.165, 1.54) is 24.4 Å². The van der Waals surface area contributed by atoms with Crippen molar-refractivity contribution in [1.82, 2.24) is 5.43 Å². The SMILES string of the molecule is Cc1cccc(C(=O)Oc2ccc(/C=N/NC(=O)C(=O)Nc3cc(Cl)cc(Cl)c3)cc2)c1. The maximum atomic E-state index is 12.2. The van der Waals surface area contributed by atoms with Crippen LogP contribution in [-0.2, 0) is 9.59 Å². The van der Waals surface area contributed by atoms with Crippen LogP contribution in [0.2, 0.25) is 10.0 Å². The quantitative estimate of drug-likeness (QED) is 0.187. The number of benzene rings is 3. The summed E-state index contributed by atoms with van der Waals surface area (Å²) in [6.07, 6.45) is 1.34. The first kappa shape index (κ1) is 23.0. The summed E-state index contributed by atoms with van der Waals surface area (Å²) < 4.78 is 5.33. The fourth-order valence-electron chi connectivity index (χ4n) is 2.59. The molecule has 2 N–H and O–H groups in total. The molecule has 0 aliphatic carbocycles. The van der Waals surface area contributed by atoms with Crippen LogP contribution < -0.4 is 15.5 Å². The lowest BCUT2D eigenvalue weighted by Gasteiger charge is -2.06. The van der Waals surface area contributed by atoms with Crippen molar-refractivity contribution in [3.63, 3.8) is 0 Å². The van der Waals surface area contributed by atoms with E-state index >= 15 is 0 Å². The van der Waals surface area contributed by atoms with Crippen molar-refractivity contribution >= 4 is 52.9 Å². The molecule has 0 atom stereocenters. The molecular formula is C23H17Cl2N3O4. The maximum Gasteiger partial charge on any atom is 0.343 e. The molecule has 0 fully saturated rings. The maximum absolute atomic E-state index is 12.2. The minimum absolute atomic E-state index is 0.280. The number of hydrazone groups is 1. The Hall–Kier alpha value is -3.68. The van der Waals surface area contributed by atoms with E-state index < -0.39 is 17.8 Å². The zero-order valence-electron chi connectivity index (χ0n) is 16.8. The van der Waals surface area contributed by atoms with E-state index in [0.29, 0.717) is 26.9 Å². The van der Waals surface area contributed by atoms with Crippen LogP contribution in [0.3, 0.4) is 0 Å². The summed E-state index contributed by atoms with van der Waals surface area (Å²) in [6, 6.07) is 18.0. The number of hydrogen-bond acceptors (Lipinski definition) is 5.